The monoisotopic (exact) mass is 194 g/mol. The quantitative estimate of drug-likeness (QED) is 0.614. The molecule has 0 amide bonds. The third-order valence-electron chi connectivity index (χ3n) is 3.67. The summed E-state index contributed by atoms with van der Waals surface area (Å²) in [4.78, 5) is 12.1. The summed E-state index contributed by atoms with van der Waals surface area (Å²) in [6.45, 7) is 10.5. The van der Waals surface area contributed by atoms with E-state index in [2.05, 4.69) is 26.8 Å². The largest absolute Gasteiger partial charge is 0.299 e. The Bertz CT molecular complexity index is 262. The van der Waals surface area contributed by atoms with Crippen LogP contribution in [0.3, 0.4) is 0 Å². The van der Waals surface area contributed by atoms with Crippen molar-refractivity contribution in [1.29, 1.82) is 0 Å². The molecule has 14 heavy (non-hydrogen) atoms. The van der Waals surface area contributed by atoms with Crippen molar-refractivity contribution in [2.24, 2.45) is 17.3 Å². The normalized spacial score (nSPS) is 33.0. The summed E-state index contributed by atoms with van der Waals surface area (Å²) in [5.41, 5.74) is 1.32. The van der Waals surface area contributed by atoms with Gasteiger partial charge in [0.25, 0.3) is 0 Å². The first-order valence-corrected chi connectivity index (χ1v) is 5.59. The molecule has 0 saturated carbocycles. The van der Waals surface area contributed by atoms with Crippen molar-refractivity contribution in [3.8, 4) is 0 Å². The zero-order valence-electron chi connectivity index (χ0n) is 10.1. The molecule has 1 rings (SSSR count). The Hall–Kier alpha value is -0.590. The second-order valence-corrected chi connectivity index (χ2v) is 5.24. The molecule has 0 radical (unpaired) electrons. The van der Waals surface area contributed by atoms with Gasteiger partial charge in [-0.25, -0.2) is 0 Å². The topological polar surface area (TPSA) is 17.1 Å². The van der Waals surface area contributed by atoms with E-state index < -0.39 is 0 Å². The van der Waals surface area contributed by atoms with Crippen molar-refractivity contribution in [2.45, 2.75) is 47.5 Å². The van der Waals surface area contributed by atoms with Gasteiger partial charge in [0.1, 0.15) is 5.78 Å². The molecular weight excluding hydrogens is 172 g/mol. The molecule has 0 aliphatic heterocycles. The average molecular weight is 194 g/mol. The van der Waals surface area contributed by atoms with Crippen molar-refractivity contribution < 1.29 is 4.79 Å². The minimum absolute atomic E-state index is 0.117. The molecule has 0 heterocycles. The molecule has 0 N–H and O–H groups in total. The van der Waals surface area contributed by atoms with Gasteiger partial charge in [-0.15, -0.1) is 0 Å². The Morgan fingerprint density at radius 3 is 2.57 bits per heavy atom. The maximum absolute atomic E-state index is 12.1. The summed E-state index contributed by atoms with van der Waals surface area (Å²) < 4.78 is 0. The average Bonchev–Trinajstić information content (AvgIpc) is 2.10. The van der Waals surface area contributed by atoms with Gasteiger partial charge in [0.15, 0.2) is 0 Å². The molecule has 0 aromatic rings. The maximum atomic E-state index is 12.1. The van der Waals surface area contributed by atoms with Crippen LogP contribution in [-0.2, 0) is 4.79 Å². The molecule has 0 fully saturated rings. The van der Waals surface area contributed by atoms with E-state index in [0.29, 0.717) is 11.7 Å². The highest BCUT2D eigenvalue weighted by Crippen LogP contribution is 2.41. The SMILES string of the molecule is CC1=CC(C)C(C)(C(=O)C(C)C)CC1. The number of ketones is 1. The van der Waals surface area contributed by atoms with E-state index in [-0.39, 0.29) is 11.3 Å². The van der Waals surface area contributed by atoms with Gasteiger partial charge in [-0.3, -0.25) is 4.79 Å². The first kappa shape index (κ1) is 11.5. The van der Waals surface area contributed by atoms with E-state index >= 15 is 0 Å². The standard InChI is InChI=1S/C13H22O/c1-9(2)12(14)13(5)7-6-10(3)8-11(13)4/h8-9,11H,6-7H2,1-5H3. The van der Waals surface area contributed by atoms with Crippen LogP contribution in [0.15, 0.2) is 11.6 Å². The molecule has 0 aromatic heterocycles. The molecule has 0 aromatic carbocycles. The zero-order valence-corrected chi connectivity index (χ0v) is 10.1. The maximum Gasteiger partial charge on any atom is 0.141 e. The lowest BCUT2D eigenvalue weighted by Gasteiger charge is -2.38. The number of Topliss-reactive ketones (excluding diaryl/α,β-unsaturated/α-hetero) is 1. The Morgan fingerprint density at radius 1 is 1.57 bits per heavy atom. The van der Waals surface area contributed by atoms with E-state index in [1.165, 1.54) is 5.57 Å². The highest BCUT2D eigenvalue weighted by molar-refractivity contribution is 5.86. The molecule has 1 nitrogen and oxygen atoms in total. The predicted molar refractivity (Wildman–Crippen MR) is 60.1 cm³/mol. The van der Waals surface area contributed by atoms with Crippen LogP contribution in [0.25, 0.3) is 0 Å². The van der Waals surface area contributed by atoms with E-state index in [1.807, 2.05) is 13.8 Å². The van der Waals surface area contributed by atoms with Gasteiger partial charge in [-0.1, -0.05) is 39.3 Å². The molecule has 2 atom stereocenters. The third kappa shape index (κ3) is 1.92. The van der Waals surface area contributed by atoms with Gasteiger partial charge in [0.05, 0.1) is 0 Å². The van der Waals surface area contributed by atoms with E-state index in [4.69, 9.17) is 0 Å². The summed E-state index contributed by atoms with van der Waals surface area (Å²) in [5, 5.41) is 0. The number of allylic oxidation sites excluding steroid dienone is 2. The Kier molecular flexibility index (Phi) is 3.18. The number of rotatable bonds is 2. The smallest absolute Gasteiger partial charge is 0.141 e. The second kappa shape index (κ2) is 3.88. The highest BCUT2D eigenvalue weighted by atomic mass is 16.1. The van der Waals surface area contributed by atoms with E-state index in [9.17, 15) is 4.79 Å². The Morgan fingerprint density at radius 2 is 2.14 bits per heavy atom. The number of hydrogen-bond acceptors (Lipinski definition) is 1. The van der Waals surface area contributed by atoms with Crippen LogP contribution >= 0.6 is 0 Å². The van der Waals surface area contributed by atoms with Gasteiger partial charge in [0, 0.05) is 11.3 Å². The molecular formula is C13H22O. The lowest BCUT2D eigenvalue weighted by molar-refractivity contribution is -0.133. The number of carbonyl (C=O) groups excluding carboxylic acids is 1. The summed E-state index contributed by atoms with van der Waals surface area (Å²) in [5.74, 6) is 0.981. The van der Waals surface area contributed by atoms with E-state index in [0.717, 1.165) is 12.8 Å². The summed E-state index contributed by atoms with van der Waals surface area (Å²) in [6, 6.07) is 0. The molecule has 0 saturated heterocycles. The van der Waals surface area contributed by atoms with Gasteiger partial charge < -0.3 is 0 Å². The lowest BCUT2D eigenvalue weighted by atomic mass is 9.65. The molecule has 0 spiro atoms. The van der Waals surface area contributed by atoms with Crippen LogP contribution < -0.4 is 0 Å². The van der Waals surface area contributed by atoms with Crippen molar-refractivity contribution in [3.05, 3.63) is 11.6 Å². The second-order valence-electron chi connectivity index (χ2n) is 5.24. The van der Waals surface area contributed by atoms with Gasteiger partial charge in [-0.05, 0) is 25.7 Å². The van der Waals surface area contributed by atoms with Gasteiger partial charge in [-0.2, -0.15) is 0 Å². The fourth-order valence-corrected chi connectivity index (χ4v) is 2.39. The number of hydrogen-bond donors (Lipinski definition) is 0. The third-order valence-corrected chi connectivity index (χ3v) is 3.67. The first-order valence-electron chi connectivity index (χ1n) is 5.59. The van der Waals surface area contributed by atoms with Crippen molar-refractivity contribution >= 4 is 5.78 Å². The van der Waals surface area contributed by atoms with Crippen LogP contribution in [-0.4, -0.2) is 5.78 Å². The van der Waals surface area contributed by atoms with Crippen molar-refractivity contribution in [3.63, 3.8) is 0 Å². The molecule has 1 aliphatic carbocycles. The zero-order chi connectivity index (χ0) is 10.9. The fraction of sp³-hybridized carbons (Fsp3) is 0.769. The minimum atomic E-state index is -0.117. The van der Waals surface area contributed by atoms with Gasteiger partial charge in [0.2, 0.25) is 0 Å². The molecule has 1 heteroatoms. The Balaban J connectivity index is 2.91. The van der Waals surface area contributed by atoms with Crippen molar-refractivity contribution in [2.75, 3.05) is 0 Å². The summed E-state index contributed by atoms with van der Waals surface area (Å²) in [7, 11) is 0. The molecule has 0 bridgehead atoms. The predicted octanol–water partition coefficient (Wildman–Crippen LogP) is 3.59. The number of carbonyl (C=O) groups is 1. The van der Waals surface area contributed by atoms with E-state index in [1.54, 1.807) is 0 Å². The summed E-state index contributed by atoms with van der Waals surface area (Å²) >= 11 is 0. The highest BCUT2D eigenvalue weighted by Gasteiger charge is 2.40. The molecule has 80 valence electrons. The lowest BCUT2D eigenvalue weighted by Crippen LogP contribution is -2.38. The van der Waals surface area contributed by atoms with Crippen LogP contribution in [0.2, 0.25) is 0 Å². The first-order chi connectivity index (χ1) is 6.38. The molecule has 2 unspecified atom stereocenters. The van der Waals surface area contributed by atoms with Gasteiger partial charge >= 0.3 is 0 Å². The van der Waals surface area contributed by atoms with Crippen LogP contribution in [0.4, 0.5) is 0 Å². The van der Waals surface area contributed by atoms with Crippen molar-refractivity contribution in [1.82, 2.24) is 0 Å². The van der Waals surface area contributed by atoms with Crippen LogP contribution in [0, 0.1) is 17.3 Å². The van der Waals surface area contributed by atoms with Crippen LogP contribution in [0.5, 0.6) is 0 Å². The summed E-state index contributed by atoms with van der Waals surface area (Å²) in [6.07, 6.45) is 4.37. The molecule has 1 aliphatic rings. The minimum Gasteiger partial charge on any atom is -0.299 e. The van der Waals surface area contributed by atoms with Crippen LogP contribution in [0.1, 0.15) is 47.5 Å². The fourth-order valence-electron chi connectivity index (χ4n) is 2.39. The Labute approximate surface area is 87.6 Å².